The normalized spacial score (nSPS) is 11.0. The number of ether oxygens (including phenoxy) is 1. The number of para-hydroxylation sites is 1. The number of benzene rings is 3. The van der Waals surface area contributed by atoms with Crippen molar-refractivity contribution in [3.8, 4) is 17.0 Å². The number of carbonyl (C=O) groups is 1. The minimum atomic E-state index is -0.329. The van der Waals surface area contributed by atoms with Crippen molar-refractivity contribution < 1.29 is 9.53 Å². The summed E-state index contributed by atoms with van der Waals surface area (Å²) < 4.78 is 7.35. The van der Waals surface area contributed by atoms with Gasteiger partial charge in [-0.2, -0.15) is 5.10 Å². The Hall–Kier alpha value is -3.29. The van der Waals surface area contributed by atoms with Crippen LogP contribution in [0.1, 0.15) is 15.9 Å². The first-order valence-electron chi connectivity index (χ1n) is 10.1. The predicted molar refractivity (Wildman–Crippen MR) is 140 cm³/mol. The van der Waals surface area contributed by atoms with Crippen LogP contribution in [-0.4, -0.2) is 23.7 Å². The molecule has 0 unspecified atom stereocenters. The minimum absolute atomic E-state index is 0.329. The van der Waals surface area contributed by atoms with Crippen molar-refractivity contribution in [2.24, 2.45) is 5.10 Å². The molecule has 164 valence electrons. The van der Waals surface area contributed by atoms with Crippen LogP contribution in [0.4, 0.5) is 0 Å². The fourth-order valence-electron chi connectivity index (χ4n) is 3.31. The third-order valence-electron chi connectivity index (χ3n) is 4.78. The van der Waals surface area contributed by atoms with Crippen LogP contribution in [-0.2, 0) is 0 Å². The Morgan fingerprint density at radius 3 is 2.61 bits per heavy atom. The number of fused-ring (bicyclic) bond motifs is 1. The van der Waals surface area contributed by atoms with Gasteiger partial charge in [0.05, 0.1) is 27.5 Å². The lowest BCUT2D eigenvalue weighted by Crippen LogP contribution is -2.18. The molecule has 0 saturated heterocycles. The van der Waals surface area contributed by atoms with Crippen LogP contribution in [0.15, 0.2) is 99.5 Å². The van der Waals surface area contributed by atoms with Crippen LogP contribution >= 0.6 is 31.9 Å². The number of carbonyl (C=O) groups excluding carboxylic acids is 1. The molecular formula is C26H19Br2N3O2. The molecule has 0 aliphatic carbocycles. The summed E-state index contributed by atoms with van der Waals surface area (Å²) >= 11 is 6.97. The minimum Gasteiger partial charge on any atom is -0.488 e. The molecule has 7 heteroatoms. The fourth-order valence-corrected chi connectivity index (χ4v) is 4.68. The summed E-state index contributed by atoms with van der Waals surface area (Å²) in [4.78, 5) is 17.8. The fraction of sp³-hybridized carbons (Fsp3) is 0.0385. The van der Waals surface area contributed by atoms with Crippen LogP contribution in [0.3, 0.4) is 0 Å². The SMILES string of the molecule is C=CCOc1c(Br)cc(Br)cc1/C=N\NC(=O)c1cc(-c2ccccc2)nc2ccccc12. The molecule has 0 spiro atoms. The average molecular weight is 565 g/mol. The number of aromatic nitrogens is 1. The van der Waals surface area contributed by atoms with Gasteiger partial charge in [0.15, 0.2) is 0 Å². The van der Waals surface area contributed by atoms with Crippen LogP contribution in [0.2, 0.25) is 0 Å². The third-order valence-corrected chi connectivity index (χ3v) is 5.83. The van der Waals surface area contributed by atoms with Gasteiger partial charge in [0.1, 0.15) is 12.4 Å². The molecular weight excluding hydrogens is 546 g/mol. The Morgan fingerprint density at radius 2 is 1.82 bits per heavy atom. The number of pyridine rings is 1. The number of halogens is 2. The molecule has 1 N–H and O–H groups in total. The van der Waals surface area contributed by atoms with Gasteiger partial charge in [0.2, 0.25) is 0 Å². The molecule has 1 amide bonds. The van der Waals surface area contributed by atoms with Gasteiger partial charge in [0, 0.05) is 21.0 Å². The Balaban J connectivity index is 1.65. The van der Waals surface area contributed by atoms with E-state index < -0.39 is 0 Å². The largest absolute Gasteiger partial charge is 0.488 e. The average Bonchev–Trinajstić information content (AvgIpc) is 2.83. The molecule has 0 bridgehead atoms. The number of rotatable bonds is 7. The second kappa shape index (κ2) is 10.6. The first-order valence-corrected chi connectivity index (χ1v) is 11.7. The van der Waals surface area contributed by atoms with E-state index >= 15 is 0 Å². The first-order chi connectivity index (χ1) is 16.1. The Bertz CT molecular complexity index is 1350. The monoisotopic (exact) mass is 563 g/mol. The number of amides is 1. The number of hydrogen-bond donors (Lipinski definition) is 1. The zero-order chi connectivity index (χ0) is 23.2. The Labute approximate surface area is 208 Å². The highest BCUT2D eigenvalue weighted by atomic mass is 79.9. The molecule has 5 nitrogen and oxygen atoms in total. The molecule has 0 aliphatic rings. The summed E-state index contributed by atoms with van der Waals surface area (Å²) in [7, 11) is 0. The number of hydrazone groups is 1. The Kier molecular flexibility index (Phi) is 7.32. The predicted octanol–water partition coefficient (Wildman–Crippen LogP) is 6.76. The molecule has 0 radical (unpaired) electrons. The second-order valence-corrected chi connectivity index (χ2v) is 8.81. The van der Waals surface area contributed by atoms with Crippen molar-refractivity contribution in [1.29, 1.82) is 0 Å². The van der Waals surface area contributed by atoms with E-state index in [2.05, 4.69) is 49.0 Å². The second-order valence-electron chi connectivity index (χ2n) is 7.04. The molecule has 1 heterocycles. The molecule has 4 aromatic rings. The van der Waals surface area contributed by atoms with E-state index in [1.54, 1.807) is 18.4 Å². The van der Waals surface area contributed by atoms with Crippen LogP contribution in [0.25, 0.3) is 22.2 Å². The lowest BCUT2D eigenvalue weighted by Gasteiger charge is -2.11. The summed E-state index contributed by atoms with van der Waals surface area (Å²) in [6.07, 6.45) is 3.21. The van der Waals surface area contributed by atoms with Gasteiger partial charge >= 0.3 is 0 Å². The third kappa shape index (κ3) is 5.38. The quantitative estimate of drug-likeness (QED) is 0.153. The van der Waals surface area contributed by atoms with Crippen molar-refractivity contribution in [3.63, 3.8) is 0 Å². The zero-order valence-electron chi connectivity index (χ0n) is 17.5. The number of hydrogen-bond acceptors (Lipinski definition) is 4. The summed E-state index contributed by atoms with van der Waals surface area (Å²) in [6, 6.07) is 22.8. The maximum Gasteiger partial charge on any atom is 0.272 e. The van der Waals surface area contributed by atoms with E-state index in [9.17, 15) is 4.79 Å². The van der Waals surface area contributed by atoms with Crippen molar-refractivity contribution in [2.75, 3.05) is 6.61 Å². The van der Waals surface area contributed by atoms with Crippen molar-refractivity contribution in [1.82, 2.24) is 10.4 Å². The number of nitrogens with zero attached hydrogens (tertiary/aromatic N) is 2. The van der Waals surface area contributed by atoms with Crippen molar-refractivity contribution >= 4 is 54.9 Å². The highest BCUT2D eigenvalue weighted by Gasteiger charge is 2.14. The van der Waals surface area contributed by atoms with Gasteiger partial charge in [-0.3, -0.25) is 4.79 Å². The maximum atomic E-state index is 13.1. The lowest BCUT2D eigenvalue weighted by atomic mass is 10.0. The highest BCUT2D eigenvalue weighted by molar-refractivity contribution is 9.11. The highest BCUT2D eigenvalue weighted by Crippen LogP contribution is 2.32. The smallest absolute Gasteiger partial charge is 0.272 e. The van der Waals surface area contributed by atoms with Crippen molar-refractivity contribution in [3.05, 3.63) is 106 Å². The molecule has 0 atom stereocenters. The molecule has 3 aromatic carbocycles. The maximum absolute atomic E-state index is 13.1. The van der Waals surface area contributed by atoms with Crippen LogP contribution in [0, 0.1) is 0 Å². The molecule has 33 heavy (non-hydrogen) atoms. The van der Waals surface area contributed by atoms with E-state index in [0.717, 1.165) is 31.1 Å². The van der Waals surface area contributed by atoms with Gasteiger partial charge < -0.3 is 4.74 Å². The number of nitrogens with one attached hydrogen (secondary N) is 1. The van der Waals surface area contributed by atoms with Gasteiger partial charge in [-0.25, -0.2) is 10.4 Å². The van der Waals surface area contributed by atoms with E-state index in [-0.39, 0.29) is 5.91 Å². The Morgan fingerprint density at radius 1 is 1.06 bits per heavy atom. The summed E-state index contributed by atoms with van der Waals surface area (Å²) in [6.45, 7) is 4.03. The van der Waals surface area contributed by atoms with Gasteiger partial charge in [-0.1, -0.05) is 77.1 Å². The molecule has 1 aromatic heterocycles. The summed E-state index contributed by atoms with van der Waals surface area (Å²) in [5.74, 6) is 0.279. The van der Waals surface area contributed by atoms with Gasteiger partial charge in [0.25, 0.3) is 5.91 Å². The van der Waals surface area contributed by atoms with E-state index in [4.69, 9.17) is 9.72 Å². The summed E-state index contributed by atoms with van der Waals surface area (Å²) in [5, 5.41) is 4.94. The van der Waals surface area contributed by atoms with Crippen molar-refractivity contribution in [2.45, 2.75) is 0 Å². The molecule has 0 saturated carbocycles. The van der Waals surface area contributed by atoms with Crippen LogP contribution < -0.4 is 10.2 Å². The first kappa shape index (κ1) is 22.9. The van der Waals surface area contributed by atoms with Gasteiger partial charge in [-0.05, 0) is 40.2 Å². The van der Waals surface area contributed by atoms with E-state index in [1.165, 1.54) is 0 Å². The van der Waals surface area contributed by atoms with Gasteiger partial charge in [-0.15, -0.1) is 0 Å². The molecule has 0 aliphatic heterocycles. The molecule has 0 fully saturated rings. The standard InChI is InChI=1S/C26H19Br2N3O2/c1-2-12-33-25-18(13-19(27)14-22(25)28)16-29-31-26(32)21-15-24(17-8-4-3-5-9-17)30-23-11-7-6-10-20(21)23/h2-11,13-16H,1,12H2,(H,31,32)/b29-16-. The zero-order valence-corrected chi connectivity index (χ0v) is 20.6. The summed E-state index contributed by atoms with van der Waals surface area (Å²) in [5.41, 5.74) is 6.23. The topological polar surface area (TPSA) is 63.6 Å². The van der Waals surface area contributed by atoms with E-state index in [1.807, 2.05) is 66.7 Å². The van der Waals surface area contributed by atoms with E-state index in [0.29, 0.717) is 23.5 Å². The lowest BCUT2D eigenvalue weighted by molar-refractivity contribution is 0.0956. The van der Waals surface area contributed by atoms with Crippen LogP contribution in [0.5, 0.6) is 5.75 Å². The molecule has 4 rings (SSSR count).